The van der Waals surface area contributed by atoms with E-state index in [0.29, 0.717) is 23.4 Å². The first-order chi connectivity index (χ1) is 15.7. The lowest BCUT2D eigenvalue weighted by atomic mass is 10.1. The Hall–Kier alpha value is -4.19. The molecule has 0 unspecified atom stereocenters. The van der Waals surface area contributed by atoms with Crippen LogP contribution in [0.25, 0.3) is 16.9 Å². The molecule has 4 aromatic rings. The molecule has 2 heterocycles. The van der Waals surface area contributed by atoms with Gasteiger partial charge >= 0.3 is 0 Å². The van der Waals surface area contributed by atoms with E-state index in [2.05, 4.69) is 5.32 Å². The van der Waals surface area contributed by atoms with Crippen LogP contribution in [0.1, 0.15) is 23.2 Å². The van der Waals surface area contributed by atoms with Gasteiger partial charge in [-0.05, 0) is 42.8 Å². The molecule has 0 spiro atoms. The van der Waals surface area contributed by atoms with Crippen molar-refractivity contribution >= 4 is 23.2 Å². The molecule has 0 bridgehead atoms. The zero-order chi connectivity index (χ0) is 21.9. The van der Waals surface area contributed by atoms with Crippen LogP contribution < -0.4 is 10.2 Å². The minimum absolute atomic E-state index is 0.141. The average Bonchev–Trinajstić information content (AvgIpc) is 3.48. The highest BCUT2D eigenvalue weighted by Crippen LogP contribution is 2.26. The van der Waals surface area contributed by atoms with Crippen LogP contribution in [0.3, 0.4) is 0 Å². The largest absolute Gasteiger partial charge is 0.322 e. The maximum atomic E-state index is 13.2. The van der Waals surface area contributed by atoms with Crippen LogP contribution >= 0.6 is 0 Å². The van der Waals surface area contributed by atoms with Gasteiger partial charge in [0.2, 0.25) is 5.91 Å². The quantitative estimate of drug-likeness (QED) is 0.496. The van der Waals surface area contributed by atoms with Crippen molar-refractivity contribution in [2.75, 3.05) is 16.8 Å². The van der Waals surface area contributed by atoms with Gasteiger partial charge in [0.05, 0.1) is 11.3 Å². The molecule has 1 aliphatic rings. The minimum Gasteiger partial charge on any atom is -0.322 e. The molecule has 3 aromatic carbocycles. The fraction of sp³-hybridized carbons (Fsp3) is 0.115. The van der Waals surface area contributed by atoms with Gasteiger partial charge in [-0.15, -0.1) is 0 Å². The summed E-state index contributed by atoms with van der Waals surface area (Å²) in [5.74, 6) is -0.0985. The Morgan fingerprint density at radius 1 is 0.844 bits per heavy atom. The van der Waals surface area contributed by atoms with Gasteiger partial charge in [-0.25, -0.2) is 4.68 Å². The van der Waals surface area contributed by atoms with Crippen molar-refractivity contribution in [2.45, 2.75) is 12.8 Å². The van der Waals surface area contributed by atoms with Gasteiger partial charge in [0.15, 0.2) is 0 Å². The fourth-order valence-corrected chi connectivity index (χ4v) is 3.91. The van der Waals surface area contributed by atoms with Crippen molar-refractivity contribution in [3.05, 3.63) is 96.7 Å². The Morgan fingerprint density at radius 3 is 2.19 bits per heavy atom. The molecule has 1 fully saturated rings. The zero-order valence-electron chi connectivity index (χ0n) is 17.4. The van der Waals surface area contributed by atoms with Gasteiger partial charge in [0.25, 0.3) is 5.91 Å². The van der Waals surface area contributed by atoms with Crippen molar-refractivity contribution in [2.24, 2.45) is 0 Å². The van der Waals surface area contributed by atoms with E-state index in [9.17, 15) is 9.59 Å². The fourth-order valence-electron chi connectivity index (χ4n) is 3.91. The summed E-state index contributed by atoms with van der Waals surface area (Å²) in [5, 5.41) is 7.67. The Morgan fingerprint density at radius 2 is 1.53 bits per heavy atom. The summed E-state index contributed by atoms with van der Waals surface area (Å²) < 4.78 is 1.72. The van der Waals surface area contributed by atoms with Crippen LogP contribution in [-0.2, 0) is 4.79 Å². The number of hydrogen-bond donors (Lipinski definition) is 1. The third-order valence-electron chi connectivity index (χ3n) is 5.54. The van der Waals surface area contributed by atoms with E-state index < -0.39 is 0 Å². The van der Waals surface area contributed by atoms with E-state index >= 15 is 0 Å². The van der Waals surface area contributed by atoms with Crippen LogP contribution in [0.2, 0.25) is 0 Å². The van der Waals surface area contributed by atoms with Crippen LogP contribution in [-0.4, -0.2) is 28.1 Å². The molecule has 0 aliphatic carbocycles. The molecule has 0 saturated carbocycles. The van der Waals surface area contributed by atoms with Gasteiger partial charge in [0.1, 0.15) is 5.69 Å². The number of carbonyl (C=O) groups is 2. The number of para-hydroxylation sites is 1. The third-order valence-corrected chi connectivity index (χ3v) is 5.54. The summed E-state index contributed by atoms with van der Waals surface area (Å²) in [7, 11) is 0. The number of nitrogens with zero attached hydrogens (tertiary/aromatic N) is 3. The molecule has 1 aromatic heterocycles. The normalized spacial score (nSPS) is 13.4. The average molecular weight is 422 g/mol. The molecule has 0 radical (unpaired) electrons. The lowest BCUT2D eigenvalue weighted by Gasteiger charge is -2.16. The highest BCUT2D eigenvalue weighted by atomic mass is 16.2. The van der Waals surface area contributed by atoms with Crippen LogP contribution in [0, 0.1) is 0 Å². The summed E-state index contributed by atoms with van der Waals surface area (Å²) in [4.78, 5) is 27.0. The predicted octanol–water partition coefficient (Wildman–Crippen LogP) is 4.92. The van der Waals surface area contributed by atoms with Crippen molar-refractivity contribution in [1.29, 1.82) is 0 Å². The molecule has 158 valence electrons. The number of rotatable bonds is 5. The van der Waals surface area contributed by atoms with E-state index in [1.54, 1.807) is 15.8 Å². The first-order valence-corrected chi connectivity index (χ1v) is 10.6. The maximum absolute atomic E-state index is 13.2. The molecular weight excluding hydrogens is 400 g/mol. The molecule has 6 heteroatoms. The summed E-state index contributed by atoms with van der Waals surface area (Å²) in [5.41, 5.74) is 4.37. The highest BCUT2D eigenvalue weighted by molar-refractivity contribution is 6.08. The molecular formula is C26H22N4O2. The molecule has 1 saturated heterocycles. The third kappa shape index (κ3) is 3.90. The van der Waals surface area contributed by atoms with E-state index in [0.717, 1.165) is 29.9 Å². The molecule has 6 nitrogen and oxygen atoms in total. The molecule has 32 heavy (non-hydrogen) atoms. The first-order valence-electron chi connectivity index (χ1n) is 10.6. The van der Waals surface area contributed by atoms with Gasteiger partial charge in [-0.1, -0.05) is 48.5 Å². The van der Waals surface area contributed by atoms with E-state index in [4.69, 9.17) is 5.10 Å². The summed E-state index contributed by atoms with van der Waals surface area (Å²) >= 11 is 0. The zero-order valence-corrected chi connectivity index (χ0v) is 17.4. The second-order valence-electron chi connectivity index (χ2n) is 7.69. The summed E-state index contributed by atoms with van der Waals surface area (Å²) in [6.45, 7) is 0.740. The number of amides is 2. The SMILES string of the molecule is O=C(Nc1ccc(N2CCCC2=O)cc1)c1cn(-c2ccccc2)nc1-c1ccccc1. The molecule has 0 atom stereocenters. The van der Waals surface area contributed by atoms with E-state index in [1.807, 2.05) is 84.9 Å². The van der Waals surface area contributed by atoms with Crippen LogP contribution in [0.15, 0.2) is 91.1 Å². The van der Waals surface area contributed by atoms with Gasteiger partial charge < -0.3 is 10.2 Å². The number of carbonyl (C=O) groups excluding carboxylic acids is 2. The smallest absolute Gasteiger partial charge is 0.259 e. The first kappa shape index (κ1) is 19.8. The van der Waals surface area contributed by atoms with Gasteiger partial charge in [-0.3, -0.25) is 9.59 Å². The van der Waals surface area contributed by atoms with Gasteiger partial charge in [-0.2, -0.15) is 5.10 Å². The second-order valence-corrected chi connectivity index (χ2v) is 7.69. The Balaban J connectivity index is 1.44. The maximum Gasteiger partial charge on any atom is 0.259 e. The Labute approximate surface area is 186 Å². The number of nitrogens with one attached hydrogen (secondary N) is 1. The molecule has 1 aliphatic heterocycles. The lowest BCUT2D eigenvalue weighted by molar-refractivity contribution is -0.117. The number of anilines is 2. The monoisotopic (exact) mass is 422 g/mol. The highest BCUT2D eigenvalue weighted by Gasteiger charge is 2.22. The van der Waals surface area contributed by atoms with Crippen molar-refractivity contribution in [1.82, 2.24) is 9.78 Å². The molecule has 1 N–H and O–H groups in total. The van der Waals surface area contributed by atoms with Crippen molar-refractivity contribution in [3.8, 4) is 16.9 Å². The number of aromatic nitrogens is 2. The Bertz CT molecular complexity index is 1250. The topological polar surface area (TPSA) is 67.2 Å². The molecule has 5 rings (SSSR count). The van der Waals surface area contributed by atoms with Crippen LogP contribution in [0.4, 0.5) is 11.4 Å². The van der Waals surface area contributed by atoms with Gasteiger partial charge in [0, 0.05) is 36.1 Å². The summed E-state index contributed by atoms with van der Waals surface area (Å²) in [6, 6.07) is 26.8. The van der Waals surface area contributed by atoms with E-state index in [1.165, 1.54) is 0 Å². The second kappa shape index (κ2) is 8.51. The van der Waals surface area contributed by atoms with Crippen LogP contribution in [0.5, 0.6) is 0 Å². The van der Waals surface area contributed by atoms with Crippen molar-refractivity contribution in [3.63, 3.8) is 0 Å². The minimum atomic E-state index is -0.240. The van der Waals surface area contributed by atoms with E-state index in [-0.39, 0.29) is 11.8 Å². The number of hydrogen-bond acceptors (Lipinski definition) is 3. The number of benzene rings is 3. The predicted molar refractivity (Wildman–Crippen MR) is 125 cm³/mol. The molecule has 2 amide bonds. The van der Waals surface area contributed by atoms with Crippen molar-refractivity contribution < 1.29 is 9.59 Å². The standard InChI is InChI=1S/C26H22N4O2/c31-24-12-7-17-29(24)21-15-13-20(14-16-21)27-26(32)23-18-30(22-10-5-2-6-11-22)28-25(23)19-8-3-1-4-9-19/h1-6,8-11,13-16,18H,7,12,17H2,(H,27,32). The summed E-state index contributed by atoms with van der Waals surface area (Å²) in [6.07, 6.45) is 3.22. The lowest BCUT2D eigenvalue weighted by Crippen LogP contribution is -2.23. The Kier molecular flexibility index (Phi) is 5.25.